The zero-order valence-electron chi connectivity index (χ0n) is 12.1. The van der Waals surface area contributed by atoms with E-state index in [-0.39, 0.29) is 0 Å². The van der Waals surface area contributed by atoms with Gasteiger partial charge in [0.05, 0.1) is 0 Å². The van der Waals surface area contributed by atoms with Crippen molar-refractivity contribution in [1.82, 2.24) is 0 Å². The van der Waals surface area contributed by atoms with Gasteiger partial charge in [-0.15, -0.1) is 0 Å². The summed E-state index contributed by atoms with van der Waals surface area (Å²) in [6.07, 6.45) is 0. The van der Waals surface area contributed by atoms with Crippen LogP contribution < -0.4 is 0 Å². The molecule has 0 saturated heterocycles. The Labute approximate surface area is 119 Å². The molecule has 0 amide bonds. The lowest BCUT2D eigenvalue weighted by atomic mass is 10.1. The van der Waals surface area contributed by atoms with Gasteiger partial charge in [-0.2, -0.15) is 0 Å². The van der Waals surface area contributed by atoms with Crippen LogP contribution in [0.15, 0.2) is 59.0 Å². The van der Waals surface area contributed by atoms with Gasteiger partial charge in [0, 0.05) is 11.1 Å². The SMILES string of the molecule is Cc1ccc(-c2cc(C)c(-c3ccc(C)cc3)o2)cc1. The lowest BCUT2D eigenvalue weighted by Crippen LogP contribution is -1.77. The summed E-state index contributed by atoms with van der Waals surface area (Å²) < 4.78 is 6.07. The molecule has 0 spiro atoms. The number of furan rings is 1. The fourth-order valence-corrected chi connectivity index (χ4v) is 2.33. The molecule has 20 heavy (non-hydrogen) atoms. The molecular weight excluding hydrogens is 244 g/mol. The predicted molar refractivity (Wildman–Crippen MR) is 83.8 cm³/mol. The van der Waals surface area contributed by atoms with Gasteiger partial charge in [0.15, 0.2) is 0 Å². The van der Waals surface area contributed by atoms with Gasteiger partial charge in [-0.1, -0.05) is 59.7 Å². The number of rotatable bonds is 2. The normalized spacial score (nSPS) is 10.8. The summed E-state index contributed by atoms with van der Waals surface area (Å²) in [6.45, 7) is 6.28. The smallest absolute Gasteiger partial charge is 0.137 e. The van der Waals surface area contributed by atoms with Crippen molar-refractivity contribution in [1.29, 1.82) is 0 Å². The van der Waals surface area contributed by atoms with Crippen molar-refractivity contribution in [3.8, 4) is 22.6 Å². The first-order chi connectivity index (χ1) is 9.63. The van der Waals surface area contributed by atoms with Gasteiger partial charge in [0.1, 0.15) is 11.5 Å². The summed E-state index contributed by atoms with van der Waals surface area (Å²) in [5.74, 6) is 1.89. The van der Waals surface area contributed by atoms with Crippen LogP contribution in [0.3, 0.4) is 0 Å². The third-order valence-electron chi connectivity index (χ3n) is 3.57. The lowest BCUT2D eigenvalue weighted by Gasteiger charge is -2.00. The van der Waals surface area contributed by atoms with Crippen LogP contribution in [0.1, 0.15) is 16.7 Å². The van der Waals surface area contributed by atoms with E-state index >= 15 is 0 Å². The minimum Gasteiger partial charge on any atom is -0.456 e. The van der Waals surface area contributed by atoms with Crippen molar-refractivity contribution >= 4 is 0 Å². The third kappa shape index (κ3) is 2.39. The van der Waals surface area contributed by atoms with Gasteiger partial charge in [-0.25, -0.2) is 0 Å². The zero-order chi connectivity index (χ0) is 14.1. The Balaban J connectivity index is 2.02. The van der Waals surface area contributed by atoms with Gasteiger partial charge >= 0.3 is 0 Å². The zero-order valence-corrected chi connectivity index (χ0v) is 12.1. The molecule has 0 bridgehead atoms. The first kappa shape index (κ1) is 12.7. The predicted octanol–water partition coefficient (Wildman–Crippen LogP) is 5.54. The Morgan fingerprint density at radius 1 is 0.650 bits per heavy atom. The van der Waals surface area contributed by atoms with Crippen LogP contribution in [0.25, 0.3) is 22.6 Å². The number of hydrogen-bond acceptors (Lipinski definition) is 1. The summed E-state index contributed by atoms with van der Waals surface area (Å²) in [6, 6.07) is 19.0. The molecule has 100 valence electrons. The largest absolute Gasteiger partial charge is 0.456 e. The van der Waals surface area contributed by atoms with Gasteiger partial charge in [-0.3, -0.25) is 0 Å². The standard InChI is InChI=1S/C19H18O/c1-13-4-8-16(9-5-13)18-12-15(3)19(20-18)17-10-6-14(2)7-11-17/h4-12H,1-3H3. The van der Waals surface area contributed by atoms with E-state index in [1.54, 1.807) is 0 Å². The molecule has 1 heterocycles. The molecule has 1 nitrogen and oxygen atoms in total. The van der Waals surface area contributed by atoms with Crippen molar-refractivity contribution in [2.24, 2.45) is 0 Å². The highest BCUT2D eigenvalue weighted by Crippen LogP contribution is 2.32. The molecule has 3 rings (SSSR count). The van der Waals surface area contributed by atoms with Crippen molar-refractivity contribution in [3.63, 3.8) is 0 Å². The highest BCUT2D eigenvalue weighted by Gasteiger charge is 2.11. The average molecular weight is 262 g/mol. The van der Waals surface area contributed by atoms with E-state index < -0.39 is 0 Å². The van der Waals surface area contributed by atoms with E-state index in [2.05, 4.69) is 75.4 Å². The van der Waals surface area contributed by atoms with E-state index in [1.165, 1.54) is 16.7 Å². The fraction of sp³-hybridized carbons (Fsp3) is 0.158. The quantitative estimate of drug-likeness (QED) is 0.591. The number of hydrogen-bond donors (Lipinski definition) is 0. The summed E-state index contributed by atoms with van der Waals surface area (Å²) in [5, 5.41) is 0. The van der Waals surface area contributed by atoms with Crippen LogP contribution in [0.5, 0.6) is 0 Å². The van der Waals surface area contributed by atoms with Gasteiger partial charge in [-0.05, 0) is 32.4 Å². The molecule has 2 aromatic carbocycles. The van der Waals surface area contributed by atoms with Crippen LogP contribution in [0, 0.1) is 20.8 Å². The fourth-order valence-electron chi connectivity index (χ4n) is 2.33. The number of benzene rings is 2. The molecule has 0 aliphatic heterocycles. The van der Waals surface area contributed by atoms with Crippen LogP contribution >= 0.6 is 0 Å². The van der Waals surface area contributed by atoms with Crippen molar-refractivity contribution in [2.45, 2.75) is 20.8 Å². The summed E-state index contributed by atoms with van der Waals surface area (Å²) in [7, 11) is 0. The van der Waals surface area contributed by atoms with Gasteiger partial charge in [0.2, 0.25) is 0 Å². The van der Waals surface area contributed by atoms with Gasteiger partial charge < -0.3 is 4.42 Å². The molecule has 1 heteroatoms. The van der Waals surface area contributed by atoms with Gasteiger partial charge in [0.25, 0.3) is 0 Å². The van der Waals surface area contributed by atoms with E-state index in [0.29, 0.717) is 0 Å². The summed E-state index contributed by atoms with van der Waals surface area (Å²) in [5.41, 5.74) is 5.94. The van der Waals surface area contributed by atoms with Crippen molar-refractivity contribution < 1.29 is 4.42 Å². The van der Waals surface area contributed by atoms with Crippen LogP contribution in [0.4, 0.5) is 0 Å². The summed E-state index contributed by atoms with van der Waals surface area (Å²) in [4.78, 5) is 0. The Morgan fingerprint density at radius 2 is 1.15 bits per heavy atom. The molecule has 0 fully saturated rings. The molecular formula is C19H18O. The Hall–Kier alpha value is -2.28. The highest BCUT2D eigenvalue weighted by molar-refractivity contribution is 5.68. The Bertz CT molecular complexity index is 715. The van der Waals surface area contributed by atoms with E-state index in [4.69, 9.17) is 4.42 Å². The average Bonchev–Trinajstić information content (AvgIpc) is 2.82. The first-order valence-corrected chi connectivity index (χ1v) is 6.88. The number of aryl methyl sites for hydroxylation is 3. The second kappa shape index (κ2) is 5.01. The van der Waals surface area contributed by atoms with Crippen LogP contribution in [-0.2, 0) is 0 Å². The monoisotopic (exact) mass is 262 g/mol. The molecule has 0 N–H and O–H groups in total. The molecule has 0 aliphatic carbocycles. The molecule has 0 radical (unpaired) electrons. The maximum atomic E-state index is 6.07. The minimum atomic E-state index is 0.929. The molecule has 0 saturated carbocycles. The van der Waals surface area contributed by atoms with E-state index in [9.17, 15) is 0 Å². The minimum absolute atomic E-state index is 0.929. The molecule has 0 unspecified atom stereocenters. The second-order valence-corrected chi connectivity index (χ2v) is 5.35. The molecule has 0 aliphatic rings. The van der Waals surface area contributed by atoms with Crippen LogP contribution in [-0.4, -0.2) is 0 Å². The third-order valence-corrected chi connectivity index (χ3v) is 3.57. The van der Waals surface area contributed by atoms with Crippen LogP contribution in [0.2, 0.25) is 0 Å². The molecule has 0 atom stereocenters. The topological polar surface area (TPSA) is 13.1 Å². The maximum Gasteiger partial charge on any atom is 0.137 e. The maximum absolute atomic E-state index is 6.07. The first-order valence-electron chi connectivity index (χ1n) is 6.88. The van der Waals surface area contributed by atoms with E-state index in [0.717, 1.165) is 22.6 Å². The highest BCUT2D eigenvalue weighted by atomic mass is 16.3. The van der Waals surface area contributed by atoms with Crippen molar-refractivity contribution in [2.75, 3.05) is 0 Å². The Morgan fingerprint density at radius 3 is 1.70 bits per heavy atom. The Kier molecular flexibility index (Phi) is 3.19. The second-order valence-electron chi connectivity index (χ2n) is 5.35. The summed E-state index contributed by atoms with van der Waals surface area (Å²) >= 11 is 0. The molecule has 3 aromatic rings. The molecule has 1 aromatic heterocycles. The lowest BCUT2D eigenvalue weighted by molar-refractivity contribution is 0.595. The van der Waals surface area contributed by atoms with E-state index in [1.807, 2.05) is 0 Å². The van der Waals surface area contributed by atoms with Crippen molar-refractivity contribution in [3.05, 3.63) is 71.3 Å².